The number of carbonyl (C=O) groups is 1. The molecule has 1 N–H and O–H groups in total. The molecule has 1 aromatic heterocycles. The van der Waals surface area contributed by atoms with Gasteiger partial charge < -0.3 is 5.11 Å². The van der Waals surface area contributed by atoms with Gasteiger partial charge in [0.2, 0.25) is 0 Å². The molecule has 0 aliphatic rings. The fraction of sp³-hybridized carbons (Fsp3) is 0.0833. The van der Waals surface area contributed by atoms with Crippen LogP contribution in [-0.2, 0) is 0 Å². The monoisotopic (exact) mass is 259 g/mol. The Morgan fingerprint density at radius 3 is 2.74 bits per heavy atom. The number of aromatic carboxylic acids is 1. The topological polar surface area (TPSA) is 106 Å². The van der Waals surface area contributed by atoms with Gasteiger partial charge in [0.25, 0.3) is 5.69 Å². The molecule has 96 valence electrons. The van der Waals surface area contributed by atoms with Crippen LogP contribution >= 0.6 is 0 Å². The second-order valence-corrected chi connectivity index (χ2v) is 3.83. The molecule has 1 heterocycles. The Balaban J connectivity index is 2.57. The van der Waals surface area contributed by atoms with Crippen LogP contribution in [0.2, 0.25) is 0 Å². The van der Waals surface area contributed by atoms with Crippen LogP contribution in [0.5, 0.6) is 0 Å². The maximum Gasteiger partial charge on any atom is 0.354 e. The van der Waals surface area contributed by atoms with Gasteiger partial charge in [0, 0.05) is 23.9 Å². The fourth-order valence-corrected chi connectivity index (χ4v) is 1.57. The minimum Gasteiger partial charge on any atom is -0.477 e. The smallest absolute Gasteiger partial charge is 0.354 e. The average Bonchev–Trinajstić information content (AvgIpc) is 2.39. The van der Waals surface area contributed by atoms with E-state index >= 15 is 0 Å². The van der Waals surface area contributed by atoms with Crippen molar-refractivity contribution in [3.05, 3.63) is 51.8 Å². The van der Waals surface area contributed by atoms with E-state index < -0.39 is 10.9 Å². The zero-order chi connectivity index (χ0) is 14.0. The predicted octanol–water partition coefficient (Wildman–Crippen LogP) is 2.06. The molecule has 2 aromatic rings. The van der Waals surface area contributed by atoms with Crippen LogP contribution < -0.4 is 0 Å². The van der Waals surface area contributed by atoms with Crippen LogP contribution in [0.25, 0.3) is 11.4 Å². The van der Waals surface area contributed by atoms with E-state index in [4.69, 9.17) is 5.11 Å². The predicted molar refractivity (Wildman–Crippen MR) is 65.8 cm³/mol. The molecule has 19 heavy (non-hydrogen) atoms. The average molecular weight is 259 g/mol. The number of benzene rings is 1. The van der Waals surface area contributed by atoms with Gasteiger partial charge in [0.05, 0.1) is 4.92 Å². The fourth-order valence-electron chi connectivity index (χ4n) is 1.57. The van der Waals surface area contributed by atoms with Gasteiger partial charge in [0.1, 0.15) is 0 Å². The number of nitro groups is 1. The molecule has 0 fully saturated rings. The minimum absolute atomic E-state index is 0.0927. The first-order valence-electron chi connectivity index (χ1n) is 5.31. The number of hydrogen-bond acceptors (Lipinski definition) is 5. The first-order valence-corrected chi connectivity index (χ1v) is 5.31. The van der Waals surface area contributed by atoms with Crippen LogP contribution in [0.3, 0.4) is 0 Å². The van der Waals surface area contributed by atoms with E-state index in [1.807, 2.05) is 0 Å². The van der Waals surface area contributed by atoms with E-state index in [-0.39, 0.29) is 17.2 Å². The Morgan fingerprint density at radius 2 is 2.11 bits per heavy atom. The van der Waals surface area contributed by atoms with Crippen molar-refractivity contribution < 1.29 is 14.8 Å². The molecule has 0 saturated carbocycles. The molecule has 0 atom stereocenters. The Morgan fingerprint density at radius 1 is 1.37 bits per heavy atom. The third-order valence-corrected chi connectivity index (χ3v) is 2.55. The van der Waals surface area contributed by atoms with Crippen LogP contribution in [-0.4, -0.2) is 26.0 Å². The van der Waals surface area contributed by atoms with Gasteiger partial charge in [-0.05, 0) is 18.6 Å². The lowest BCUT2D eigenvalue weighted by molar-refractivity contribution is -0.384. The molecule has 0 radical (unpaired) electrons. The molecule has 0 bridgehead atoms. The molecule has 7 nitrogen and oxygen atoms in total. The maximum absolute atomic E-state index is 10.8. The highest BCUT2D eigenvalue weighted by atomic mass is 16.6. The highest BCUT2D eigenvalue weighted by molar-refractivity contribution is 5.85. The van der Waals surface area contributed by atoms with Crippen LogP contribution in [0.15, 0.2) is 30.5 Å². The third-order valence-electron chi connectivity index (χ3n) is 2.55. The number of rotatable bonds is 3. The highest BCUT2D eigenvalue weighted by Crippen LogP contribution is 2.24. The van der Waals surface area contributed by atoms with Crippen LogP contribution in [0, 0.1) is 17.0 Å². The summed E-state index contributed by atoms with van der Waals surface area (Å²) >= 11 is 0. The lowest BCUT2D eigenvalue weighted by Crippen LogP contribution is -2.03. The van der Waals surface area contributed by atoms with Gasteiger partial charge in [-0.3, -0.25) is 10.1 Å². The second-order valence-electron chi connectivity index (χ2n) is 3.83. The molecule has 0 aliphatic carbocycles. The zero-order valence-corrected chi connectivity index (χ0v) is 9.90. The zero-order valence-electron chi connectivity index (χ0n) is 9.90. The second kappa shape index (κ2) is 4.81. The molecule has 0 aliphatic heterocycles. The van der Waals surface area contributed by atoms with Crippen molar-refractivity contribution in [3.63, 3.8) is 0 Å². The molecule has 2 rings (SSSR count). The van der Waals surface area contributed by atoms with Crippen molar-refractivity contribution in [3.8, 4) is 11.4 Å². The van der Waals surface area contributed by atoms with E-state index in [1.54, 1.807) is 13.0 Å². The summed E-state index contributed by atoms with van der Waals surface area (Å²) in [6.07, 6.45) is 1.31. The van der Waals surface area contributed by atoms with Crippen LogP contribution in [0.1, 0.15) is 16.1 Å². The quantitative estimate of drug-likeness (QED) is 0.667. The Labute approximate surface area is 107 Å². The summed E-state index contributed by atoms with van der Waals surface area (Å²) in [6.45, 7) is 1.75. The summed E-state index contributed by atoms with van der Waals surface area (Å²) < 4.78 is 0. The first-order chi connectivity index (χ1) is 8.99. The number of carboxylic acid groups (broad SMARTS) is 1. The van der Waals surface area contributed by atoms with Crippen molar-refractivity contribution in [1.82, 2.24) is 9.97 Å². The summed E-state index contributed by atoms with van der Waals surface area (Å²) in [6, 6.07) is 5.54. The van der Waals surface area contributed by atoms with Crippen molar-refractivity contribution in [2.45, 2.75) is 6.92 Å². The summed E-state index contributed by atoms with van der Waals surface area (Å²) in [5.41, 5.74) is 0.922. The van der Waals surface area contributed by atoms with E-state index in [1.165, 1.54) is 24.4 Å². The highest BCUT2D eigenvalue weighted by Gasteiger charge is 2.14. The molecular formula is C12H9N3O4. The summed E-state index contributed by atoms with van der Waals surface area (Å²) in [4.78, 5) is 28.9. The van der Waals surface area contributed by atoms with Gasteiger partial charge >= 0.3 is 5.97 Å². The molecule has 0 saturated heterocycles. The number of aryl methyl sites for hydroxylation is 1. The normalized spacial score (nSPS) is 10.2. The molecule has 1 aromatic carbocycles. The molecule has 0 amide bonds. The van der Waals surface area contributed by atoms with E-state index in [9.17, 15) is 14.9 Å². The Hall–Kier alpha value is -2.83. The number of nitro benzene ring substituents is 1. The molecule has 0 spiro atoms. The molecule has 7 heteroatoms. The van der Waals surface area contributed by atoms with Gasteiger partial charge in [-0.2, -0.15) is 0 Å². The maximum atomic E-state index is 10.8. The van der Waals surface area contributed by atoms with Crippen molar-refractivity contribution in [1.29, 1.82) is 0 Å². The number of non-ortho nitro benzene ring substituents is 1. The SMILES string of the molecule is Cc1ccc([N+](=O)[O-])cc1-c1nccc(C(=O)O)n1. The number of carboxylic acids is 1. The van der Waals surface area contributed by atoms with E-state index in [0.29, 0.717) is 5.56 Å². The van der Waals surface area contributed by atoms with Gasteiger partial charge in [-0.25, -0.2) is 14.8 Å². The van der Waals surface area contributed by atoms with Gasteiger partial charge in [-0.15, -0.1) is 0 Å². The number of aromatic nitrogens is 2. The Bertz CT molecular complexity index is 670. The molecular weight excluding hydrogens is 250 g/mol. The van der Waals surface area contributed by atoms with Crippen LogP contribution in [0.4, 0.5) is 5.69 Å². The van der Waals surface area contributed by atoms with Gasteiger partial charge in [0.15, 0.2) is 11.5 Å². The third kappa shape index (κ3) is 2.54. The first kappa shape index (κ1) is 12.6. The lowest BCUT2D eigenvalue weighted by atomic mass is 10.1. The van der Waals surface area contributed by atoms with Crippen molar-refractivity contribution in [2.75, 3.05) is 0 Å². The molecule has 0 unspecified atom stereocenters. The van der Waals surface area contributed by atoms with E-state index in [0.717, 1.165) is 5.56 Å². The van der Waals surface area contributed by atoms with Crippen molar-refractivity contribution in [2.24, 2.45) is 0 Å². The summed E-state index contributed by atoms with van der Waals surface area (Å²) in [5, 5.41) is 19.6. The summed E-state index contributed by atoms with van der Waals surface area (Å²) in [7, 11) is 0. The standard InChI is InChI=1S/C12H9N3O4/c1-7-2-3-8(15(18)19)6-9(7)11-13-5-4-10(14-11)12(16)17/h2-6H,1H3,(H,16,17). The Kier molecular flexibility index (Phi) is 3.19. The minimum atomic E-state index is -1.17. The number of hydrogen-bond donors (Lipinski definition) is 1. The lowest BCUT2D eigenvalue weighted by Gasteiger charge is -2.04. The van der Waals surface area contributed by atoms with E-state index in [2.05, 4.69) is 9.97 Å². The van der Waals surface area contributed by atoms with Crippen molar-refractivity contribution >= 4 is 11.7 Å². The number of nitrogens with zero attached hydrogens (tertiary/aromatic N) is 3. The largest absolute Gasteiger partial charge is 0.477 e. The van der Waals surface area contributed by atoms with Gasteiger partial charge in [-0.1, -0.05) is 6.07 Å². The summed E-state index contributed by atoms with van der Waals surface area (Å²) in [5.74, 6) is -1.02.